The van der Waals surface area contributed by atoms with E-state index in [4.69, 9.17) is 0 Å². The summed E-state index contributed by atoms with van der Waals surface area (Å²) >= 11 is 0. The zero-order chi connectivity index (χ0) is 9.84. The summed E-state index contributed by atoms with van der Waals surface area (Å²) in [7, 11) is 7.77. The molecule has 1 heterocycles. The molecule has 0 bridgehead atoms. The second-order valence-corrected chi connectivity index (χ2v) is 3.33. The average molecular weight is 176 g/mol. The summed E-state index contributed by atoms with van der Waals surface area (Å²) < 4.78 is 3.73. The van der Waals surface area contributed by atoms with Crippen molar-refractivity contribution in [3.05, 3.63) is 44.2 Å². The molecule has 1 aromatic rings. The van der Waals surface area contributed by atoms with Gasteiger partial charge in [-0.2, -0.15) is 0 Å². The maximum atomic E-state index is 3.91. The number of aromatic nitrogens is 1. The Morgan fingerprint density at radius 3 is 2.69 bits per heavy atom. The Morgan fingerprint density at radius 2 is 2.15 bits per heavy atom. The molecule has 0 radical (unpaired) electrons. The van der Waals surface area contributed by atoms with Crippen molar-refractivity contribution in [2.45, 2.75) is 19.9 Å². The normalized spacial score (nSPS) is 12.1. The average Bonchev–Trinajstić information content (AvgIpc) is 2.08. The highest BCUT2D eigenvalue weighted by molar-refractivity contribution is 5.70. The van der Waals surface area contributed by atoms with Gasteiger partial charge in [0.25, 0.3) is 0 Å². The zero-order valence-electron chi connectivity index (χ0n) is 8.27. The molecule has 70 valence electrons. The fraction of sp³-hybridized carbons (Fsp3) is 0.273. The van der Waals surface area contributed by atoms with Gasteiger partial charge in [-0.05, 0) is 20.9 Å². The van der Waals surface area contributed by atoms with Gasteiger partial charge in [-0.3, -0.25) is 0 Å². The fourth-order valence-corrected chi connectivity index (χ4v) is 0.926. The Bertz CT molecular complexity index is 314. The zero-order valence-corrected chi connectivity index (χ0v) is 8.27. The standard InChI is InChI=1S/C11H16N2/c1-10(2)13(4)9-11-7-5-6-8-12(11)3/h5-10H,3-4H2,1-2H3. The Balaban J connectivity index is 2.97. The van der Waals surface area contributed by atoms with Crippen LogP contribution >= 0.6 is 0 Å². The van der Waals surface area contributed by atoms with Gasteiger partial charge in [0, 0.05) is 13.3 Å². The topological polar surface area (TPSA) is 6.89 Å². The summed E-state index contributed by atoms with van der Waals surface area (Å²) in [6, 6.07) is 6.35. The number of pyridine rings is 1. The highest BCUT2D eigenvalue weighted by Gasteiger charge is 1.97. The van der Waals surface area contributed by atoms with Gasteiger partial charge in [0.2, 0.25) is 0 Å². The van der Waals surface area contributed by atoms with Crippen LogP contribution in [0.4, 0.5) is 0 Å². The molecule has 0 saturated carbocycles. The summed E-state index contributed by atoms with van der Waals surface area (Å²) in [6.45, 7) is 4.19. The van der Waals surface area contributed by atoms with Crippen LogP contribution in [0.1, 0.15) is 19.5 Å². The van der Waals surface area contributed by atoms with Gasteiger partial charge >= 0.3 is 0 Å². The molecule has 0 saturated heterocycles. The van der Waals surface area contributed by atoms with Crippen molar-refractivity contribution in [2.75, 3.05) is 0 Å². The molecule has 2 heteroatoms. The first kappa shape index (κ1) is 9.65. The molecule has 13 heavy (non-hydrogen) atoms. The molecule has 0 amide bonds. The maximum absolute atomic E-state index is 3.91. The molecule has 0 aromatic carbocycles. The number of nitrogens with zero attached hydrogens (tertiary/aromatic N) is 2. The van der Waals surface area contributed by atoms with Gasteiger partial charge < -0.3 is 9.14 Å². The van der Waals surface area contributed by atoms with Crippen molar-refractivity contribution in [3.8, 4) is 0 Å². The molecule has 0 spiro atoms. The van der Waals surface area contributed by atoms with Crippen LogP contribution in [0.2, 0.25) is 0 Å². The molecule has 0 aliphatic rings. The minimum absolute atomic E-state index is 0.403. The second-order valence-electron chi connectivity index (χ2n) is 3.33. The Labute approximate surface area is 80.2 Å². The van der Waals surface area contributed by atoms with Gasteiger partial charge in [0.1, 0.15) is 6.04 Å². The van der Waals surface area contributed by atoms with E-state index < -0.39 is 0 Å². The van der Waals surface area contributed by atoms with Crippen LogP contribution in [0.15, 0.2) is 24.4 Å². The third kappa shape index (κ3) is 2.51. The maximum Gasteiger partial charge on any atom is 0.119 e. The lowest BCUT2D eigenvalue weighted by molar-refractivity contribution is -0.617. The van der Waals surface area contributed by atoms with Gasteiger partial charge in [0.15, 0.2) is 0 Å². The largest absolute Gasteiger partial charge is 0.371 e. The van der Waals surface area contributed by atoms with Crippen molar-refractivity contribution >= 4 is 6.21 Å². The molecule has 0 N–H and O–H groups in total. The lowest BCUT2D eigenvalue weighted by atomic mass is 10.3. The quantitative estimate of drug-likeness (QED) is 0.364. The molecule has 1 aromatic heterocycles. The molecule has 2 nitrogen and oxygen atoms in total. The lowest BCUT2D eigenvalue weighted by Gasteiger charge is -2.10. The predicted molar refractivity (Wildman–Crippen MR) is 53.3 cm³/mol. The first-order valence-corrected chi connectivity index (χ1v) is 4.36. The summed E-state index contributed by atoms with van der Waals surface area (Å²) in [5.74, 6) is 0. The molecule has 0 atom stereocenters. The van der Waals surface area contributed by atoms with E-state index in [-0.39, 0.29) is 0 Å². The molecule has 0 aliphatic carbocycles. The molecule has 0 aliphatic heterocycles. The number of hydrogen-bond donors (Lipinski definition) is 0. The Morgan fingerprint density at radius 1 is 1.46 bits per heavy atom. The Hall–Kier alpha value is -1.44. The number of hydrogen-bond acceptors (Lipinski definition) is 0. The van der Waals surface area contributed by atoms with E-state index >= 15 is 0 Å². The first-order chi connectivity index (χ1) is 6.11. The van der Waals surface area contributed by atoms with Crippen LogP contribution in [0.25, 0.3) is 0 Å². The smallest absolute Gasteiger partial charge is 0.119 e. The van der Waals surface area contributed by atoms with Crippen LogP contribution in [-0.4, -0.2) is 16.8 Å². The minimum Gasteiger partial charge on any atom is -0.371 e. The van der Waals surface area contributed by atoms with Crippen LogP contribution in [0.5, 0.6) is 0 Å². The molecule has 0 fully saturated rings. The monoisotopic (exact) mass is 176 g/mol. The van der Waals surface area contributed by atoms with E-state index in [1.807, 2.05) is 39.8 Å². The summed E-state index contributed by atoms with van der Waals surface area (Å²) in [4.78, 5) is 0. The van der Waals surface area contributed by atoms with Crippen LogP contribution in [0.3, 0.4) is 0 Å². The highest BCUT2D eigenvalue weighted by atomic mass is 15.0. The summed E-state index contributed by atoms with van der Waals surface area (Å²) in [5.41, 5.74) is 1.05. The molecular weight excluding hydrogens is 160 g/mol. The van der Waals surface area contributed by atoms with Gasteiger partial charge in [-0.25, -0.2) is 0 Å². The van der Waals surface area contributed by atoms with E-state index in [2.05, 4.69) is 27.9 Å². The van der Waals surface area contributed by atoms with Crippen LogP contribution in [0, 0.1) is 14.1 Å². The van der Waals surface area contributed by atoms with E-state index in [9.17, 15) is 0 Å². The molecule has 1 rings (SSSR count). The van der Waals surface area contributed by atoms with Gasteiger partial charge in [-0.15, -0.1) is 0 Å². The van der Waals surface area contributed by atoms with Crippen molar-refractivity contribution in [1.29, 1.82) is 0 Å². The second kappa shape index (κ2) is 3.99. The van der Waals surface area contributed by atoms with Gasteiger partial charge in [-0.1, -0.05) is 18.2 Å². The van der Waals surface area contributed by atoms with Crippen molar-refractivity contribution in [1.82, 2.24) is 0 Å². The SMILES string of the molecule is [CH2-][N+](=Cc1cccc[n+]1[CH2-])C(C)C. The number of rotatable bonds is 2. The van der Waals surface area contributed by atoms with Gasteiger partial charge in [0.05, 0.1) is 11.9 Å². The van der Waals surface area contributed by atoms with E-state index in [0.717, 1.165) is 5.69 Å². The minimum atomic E-state index is 0.403. The lowest BCUT2D eigenvalue weighted by Crippen LogP contribution is -2.32. The Kier molecular flexibility index (Phi) is 2.96. The van der Waals surface area contributed by atoms with Crippen LogP contribution in [-0.2, 0) is 0 Å². The van der Waals surface area contributed by atoms with Crippen molar-refractivity contribution < 1.29 is 9.14 Å². The third-order valence-electron chi connectivity index (χ3n) is 1.94. The molecular formula is C11H16N2. The first-order valence-electron chi connectivity index (χ1n) is 4.36. The van der Waals surface area contributed by atoms with E-state index in [1.54, 1.807) is 0 Å². The summed E-state index contributed by atoms with van der Waals surface area (Å²) in [6.07, 6.45) is 3.90. The molecule has 0 unspecified atom stereocenters. The van der Waals surface area contributed by atoms with E-state index in [1.165, 1.54) is 0 Å². The van der Waals surface area contributed by atoms with Crippen molar-refractivity contribution in [3.63, 3.8) is 0 Å². The predicted octanol–water partition coefficient (Wildman–Crippen LogP) is 1.25. The highest BCUT2D eigenvalue weighted by Crippen LogP contribution is 1.90. The van der Waals surface area contributed by atoms with Crippen molar-refractivity contribution in [2.24, 2.45) is 0 Å². The summed E-state index contributed by atoms with van der Waals surface area (Å²) in [5, 5.41) is 0. The third-order valence-corrected chi connectivity index (χ3v) is 1.94. The van der Waals surface area contributed by atoms with Crippen LogP contribution < -0.4 is 4.57 Å². The van der Waals surface area contributed by atoms with E-state index in [0.29, 0.717) is 6.04 Å². The fourth-order valence-electron chi connectivity index (χ4n) is 0.926.